The lowest BCUT2D eigenvalue weighted by Gasteiger charge is -2.11. The van der Waals surface area contributed by atoms with Crippen molar-refractivity contribution in [3.05, 3.63) is 41.7 Å². The summed E-state index contributed by atoms with van der Waals surface area (Å²) in [4.78, 5) is 11.7. The number of rotatable bonds is 3. The van der Waals surface area contributed by atoms with Crippen molar-refractivity contribution in [1.82, 2.24) is 0 Å². The van der Waals surface area contributed by atoms with Gasteiger partial charge in [0.2, 0.25) is 0 Å². The van der Waals surface area contributed by atoms with Gasteiger partial charge in [0.15, 0.2) is 9.84 Å². The Labute approximate surface area is 117 Å². The summed E-state index contributed by atoms with van der Waals surface area (Å²) in [5.41, 5.74) is 1.28. The fourth-order valence-electron chi connectivity index (χ4n) is 1.95. The summed E-state index contributed by atoms with van der Waals surface area (Å²) >= 11 is 0. The van der Waals surface area contributed by atoms with Gasteiger partial charge in [-0.15, -0.1) is 0 Å². The summed E-state index contributed by atoms with van der Waals surface area (Å²) in [6.07, 6.45) is 2.55. The zero-order valence-electron chi connectivity index (χ0n) is 11.3. The molecule has 5 nitrogen and oxygen atoms in total. The molecule has 1 heterocycles. The Morgan fingerprint density at radius 3 is 2.50 bits per heavy atom. The predicted molar refractivity (Wildman–Crippen MR) is 73.3 cm³/mol. The van der Waals surface area contributed by atoms with Crippen molar-refractivity contribution in [2.24, 2.45) is 0 Å². The molecule has 20 heavy (non-hydrogen) atoms. The van der Waals surface area contributed by atoms with Gasteiger partial charge >= 0.3 is 5.97 Å². The van der Waals surface area contributed by atoms with E-state index in [9.17, 15) is 13.2 Å². The van der Waals surface area contributed by atoms with Crippen LogP contribution in [0.1, 0.15) is 15.9 Å². The second-order valence-electron chi connectivity index (χ2n) is 4.40. The van der Waals surface area contributed by atoms with Crippen LogP contribution in [0, 0.1) is 6.92 Å². The monoisotopic (exact) mass is 294 g/mol. The van der Waals surface area contributed by atoms with Crippen molar-refractivity contribution in [2.75, 3.05) is 13.4 Å². The summed E-state index contributed by atoms with van der Waals surface area (Å²) in [6.45, 7) is 1.71. The molecule has 1 aromatic carbocycles. The Morgan fingerprint density at radius 1 is 1.30 bits per heavy atom. The van der Waals surface area contributed by atoms with Gasteiger partial charge < -0.3 is 9.15 Å². The number of esters is 1. The lowest BCUT2D eigenvalue weighted by atomic mass is 10.0. The fourth-order valence-corrected chi connectivity index (χ4v) is 2.84. The lowest BCUT2D eigenvalue weighted by molar-refractivity contribution is 0.0599. The number of sulfone groups is 1. The van der Waals surface area contributed by atoms with Gasteiger partial charge in [-0.25, -0.2) is 13.2 Å². The number of benzene rings is 1. The molecule has 0 N–H and O–H groups in total. The molecule has 0 aliphatic rings. The minimum absolute atomic E-state index is 0.0402. The lowest BCUT2D eigenvalue weighted by Crippen LogP contribution is -2.08. The first kappa shape index (κ1) is 14.3. The number of aryl methyl sites for hydroxylation is 1. The van der Waals surface area contributed by atoms with Crippen LogP contribution in [-0.2, 0) is 14.6 Å². The molecule has 0 saturated heterocycles. The van der Waals surface area contributed by atoms with Gasteiger partial charge in [-0.3, -0.25) is 0 Å². The molecule has 0 fully saturated rings. The zero-order valence-corrected chi connectivity index (χ0v) is 12.2. The van der Waals surface area contributed by atoms with Crippen LogP contribution in [0.15, 0.2) is 39.8 Å². The van der Waals surface area contributed by atoms with Crippen LogP contribution in [-0.4, -0.2) is 27.8 Å². The number of hydrogen-bond acceptors (Lipinski definition) is 5. The molecule has 0 spiro atoms. The quantitative estimate of drug-likeness (QED) is 0.813. The van der Waals surface area contributed by atoms with Gasteiger partial charge in [0.05, 0.1) is 23.8 Å². The largest absolute Gasteiger partial charge is 0.465 e. The summed E-state index contributed by atoms with van der Waals surface area (Å²) in [6, 6.07) is 6.28. The Morgan fingerprint density at radius 2 is 2.00 bits per heavy atom. The minimum atomic E-state index is -3.51. The molecule has 1 aromatic heterocycles. The van der Waals surface area contributed by atoms with E-state index in [0.29, 0.717) is 16.9 Å². The number of carbonyl (C=O) groups is 1. The normalized spacial score (nSPS) is 11.3. The van der Waals surface area contributed by atoms with Gasteiger partial charge in [-0.2, -0.15) is 0 Å². The number of ether oxygens (including phenoxy) is 1. The molecule has 0 aliphatic carbocycles. The summed E-state index contributed by atoms with van der Waals surface area (Å²) in [7, 11) is -2.26. The molecule has 0 radical (unpaired) electrons. The van der Waals surface area contributed by atoms with Crippen molar-refractivity contribution in [2.45, 2.75) is 11.8 Å². The highest BCUT2D eigenvalue weighted by Crippen LogP contribution is 2.31. The maximum absolute atomic E-state index is 11.9. The van der Waals surface area contributed by atoms with E-state index >= 15 is 0 Å². The van der Waals surface area contributed by atoms with Gasteiger partial charge in [-0.05, 0) is 36.8 Å². The van der Waals surface area contributed by atoms with Crippen LogP contribution in [0.4, 0.5) is 0 Å². The van der Waals surface area contributed by atoms with Gasteiger partial charge in [0, 0.05) is 11.8 Å². The van der Waals surface area contributed by atoms with Crippen LogP contribution in [0.2, 0.25) is 0 Å². The number of furan rings is 1. The SMILES string of the molecule is COC(=O)c1cc(S(C)(=O)=O)c(-c2ccco2)cc1C. The highest BCUT2D eigenvalue weighted by Gasteiger charge is 2.21. The molecule has 6 heteroatoms. The Bertz CT molecular complexity index is 742. The van der Waals surface area contributed by atoms with Crippen molar-refractivity contribution >= 4 is 15.8 Å². The van der Waals surface area contributed by atoms with E-state index in [1.165, 1.54) is 19.4 Å². The first-order valence-electron chi connectivity index (χ1n) is 5.81. The molecule has 106 valence electrons. The maximum Gasteiger partial charge on any atom is 0.338 e. The summed E-state index contributed by atoms with van der Waals surface area (Å²) < 4.78 is 33.8. The second-order valence-corrected chi connectivity index (χ2v) is 6.39. The summed E-state index contributed by atoms with van der Waals surface area (Å²) in [5, 5.41) is 0. The molecule has 0 amide bonds. The Kier molecular flexibility index (Phi) is 3.67. The van der Waals surface area contributed by atoms with E-state index in [0.717, 1.165) is 6.26 Å². The van der Waals surface area contributed by atoms with Crippen LogP contribution < -0.4 is 0 Å². The predicted octanol–water partition coefficient (Wildman–Crippen LogP) is 2.45. The van der Waals surface area contributed by atoms with Gasteiger partial charge in [-0.1, -0.05) is 0 Å². The van der Waals surface area contributed by atoms with E-state index in [-0.39, 0.29) is 10.5 Å². The maximum atomic E-state index is 11.9. The van der Waals surface area contributed by atoms with Crippen molar-refractivity contribution < 1.29 is 22.4 Å². The fraction of sp³-hybridized carbons (Fsp3) is 0.214. The van der Waals surface area contributed by atoms with E-state index in [1.807, 2.05) is 0 Å². The third kappa shape index (κ3) is 2.60. The molecular formula is C14H14O5S. The average molecular weight is 294 g/mol. The van der Waals surface area contributed by atoms with E-state index < -0.39 is 15.8 Å². The van der Waals surface area contributed by atoms with Crippen molar-refractivity contribution in [3.8, 4) is 11.3 Å². The topological polar surface area (TPSA) is 73.6 Å². The molecule has 0 saturated carbocycles. The molecule has 2 rings (SSSR count). The number of hydrogen-bond donors (Lipinski definition) is 0. The zero-order chi connectivity index (χ0) is 14.9. The highest BCUT2D eigenvalue weighted by atomic mass is 32.2. The van der Waals surface area contributed by atoms with Crippen molar-refractivity contribution in [1.29, 1.82) is 0 Å². The minimum Gasteiger partial charge on any atom is -0.465 e. The van der Waals surface area contributed by atoms with E-state index in [2.05, 4.69) is 4.74 Å². The Hall–Kier alpha value is -2.08. The molecule has 0 aliphatic heterocycles. The molecular weight excluding hydrogens is 280 g/mol. The van der Waals surface area contributed by atoms with Crippen molar-refractivity contribution in [3.63, 3.8) is 0 Å². The standard InChI is InChI=1S/C14H14O5S/c1-9-7-11(12-5-4-6-19-12)13(20(3,16)17)8-10(9)14(15)18-2/h4-8H,1-3H3. The van der Waals surface area contributed by atoms with Gasteiger partial charge in [0.1, 0.15) is 5.76 Å². The third-order valence-corrected chi connectivity index (χ3v) is 4.05. The Balaban J connectivity index is 2.76. The molecule has 0 bridgehead atoms. The first-order chi connectivity index (χ1) is 9.34. The smallest absolute Gasteiger partial charge is 0.338 e. The second kappa shape index (κ2) is 5.13. The summed E-state index contributed by atoms with van der Waals surface area (Å²) in [5.74, 6) is -0.136. The third-order valence-electron chi connectivity index (χ3n) is 2.92. The van der Waals surface area contributed by atoms with Crippen LogP contribution in [0.5, 0.6) is 0 Å². The first-order valence-corrected chi connectivity index (χ1v) is 7.70. The molecule has 0 unspecified atom stereocenters. The number of carbonyl (C=O) groups excluding carboxylic acids is 1. The van der Waals surface area contributed by atoms with Crippen LogP contribution in [0.25, 0.3) is 11.3 Å². The van der Waals surface area contributed by atoms with Crippen LogP contribution in [0.3, 0.4) is 0 Å². The molecule has 0 atom stereocenters. The average Bonchev–Trinajstić information content (AvgIpc) is 2.89. The van der Waals surface area contributed by atoms with Crippen LogP contribution >= 0.6 is 0 Å². The number of methoxy groups -OCH3 is 1. The molecule has 2 aromatic rings. The van der Waals surface area contributed by atoms with E-state index in [4.69, 9.17) is 4.42 Å². The van der Waals surface area contributed by atoms with Gasteiger partial charge in [0.25, 0.3) is 0 Å². The highest BCUT2D eigenvalue weighted by molar-refractivity contribution is 7.90. The van der Waals surface area contributed by atoms with E-state index in [1.54, 1.807) is 25.1 Å².